The molecule has 0 aromatic heterocycles. The molecule has 25 heavy (non-hydrogen) atoms. The minimum absolute atomic E-state index is 0.396. The Morgan fingerprint density at radius 1 is 0.800 bits per heavy atom. The molecule has 3 nitrogen and oxygen atoms in total. The molecule has 4 heteroatoms. The molecule has 2 rings (SSSR count). The lowest BCUT2D eigenvalue weighted by molar-refractivity contribution is 0.0843. The number of rotatable bonds is 5. The molecule has 2 aromatic carbocycles. The summed E-state index contributed by atoms with van der Waals surface area (Å²) in [6, 6.07) is 9.34. The summed E-state index contributed by atoms with van der Waals surface area (Å²) in [5.41, 5.74) is 5.17. The van der Waals surface area contributed by atoms with Crippen molar-refractivity contribution in [2.75, 3.05) is 0 Å². The summed E-state index contributed by atoms with van der Waals surface area (Å²) in [5.74, 6) is -0.795. The zero-order valence-electron chi connectivity index (χ0n) is 15.6. The Kier molecular flexibility index (Phi) is 5.39. The highest BCUT2D eigenvalue weighted by molar-refractivity contribution is 7.30. The highest BCUT2D eigenvalue weighted by Crippen LogP contribution is 2.35. The van der Waals surface area contributed by atoms with Crippen molar-refractivity contribution in [2.24, 2.45) is 0 Å². The molecule has 0 fully saturated rings. The Morgan fingerprint density at radius 2 is 1.20 bits per heavy atom. The van der Waals surface area contributed by atoms with Gasteiger partial charge in [0, 0.05) is 11.1 Å². The fourth-order valence-corrected chi connectivity index (χ4v) is 3.77. The van der Waals surface area contributed by atoms with Gasteiger partial charge in [-0.15, -0.1) is 0 Å². The van der Waals surface area contributed by atoms with E-state index in [1.807, 2.05) is 65.0 Å². The molecule has 0 heterocycles. The van der Waals surface area contributed by atoms with Gasteiger partial charge in [-0.2, -0.15) is 0 Å². The van der Waals surface area contributed by atoms with Gasteiger partial charge < -0.3 is 0 Å². The number of carbonyl (C=O) groups is 2. The van der Waals surface area contributed by atoms with Gasteiger partial charge in [0.25, 0.3) is 0 Å². The van der Waals surface area contributed by atoms with Crippen molar-refractivity contribution < 1.29 is 14.2 Å². The molecule has 2 aromatic rings. The number of aryl methyl sites for hydroxylation is 5. The van der Waals surface area contributed by atoms with Crippen LogP contribution in [0.4, 0.5) is 0 Å². The predicted octanol–water partition coefficient (Wildman–Crippen LogP) is 5.34. The van der Waals surface area contributed by atoms with Crippen LogP contribution >= 0.6 is 8.46 Å². The molecule has 1 unspecified atom stereocenters. The lowest BCUT2D eigenvalue weighted by Gasteiger charge is -2.23. The average Bonchev–Trinajstić information content (AvgIpc) is 2.52. The van der Waals surface area contributed by atoms with Crippen LogP contribution in [0.15, 0.2) is 30.3 Å². The van der Waals surface area contributed by atoms with Crippen molar-refractivity contribution in [3.63, 3.8) is 0 Å². The number of benzene rings is 2. The molecule has 0 N–H and O–H groups in total. The van der Waals surface area contributed by atoms with E-state index in [0.29, 0.717) is 11.1 Å². The van der Waals surface area contributed by atoms with Crippen molar-refractivity contribution in [2.45, 2.75) is 46.7 Å². The predicted molar refractivity (Wildman–Crippen MR) is 101 cm³/mol. The number of Topliss-reactive ketones (excluding diaryl/α,β-unsaturated/α-hetero) is 2. The van der Waals surface area contributed by atoms with E-state index < -0.39 is 25.2 Å². The van der Waals surface area contributed by atoms with Crippen LogP contribution in [0, 0.1) is 34.6 Å². The largest absolute Gasteiger partial charge is 0.292 e. The van der Waals surface area contributed by atoms with E-state index in [1.54, 1.807) is 0 Å². The van der Waals surface area contributed by atoms with Crippen molar-refractivity contribution in [3.8, 4) is 0 Å². The number of hydrogen-bond donors (Lipinski definition) is 0. The topological polar surface area (TPSA) is 51.2 Å². The standard InChI is InChI=1S/C21H23O3P/c1-12-10-15(4)18(16(5)11-12)20(23)21(6,25-24)19(22)17-13(2)8-7-9-14(17)3/h7-11H,1-6H3. The van der Waals surface area contributed by atoms with E-state index in [0.717, 1.165) is 27.8 Å². The smallest absolute Gasteiger partial charge is 0.188 e. The quantitative estimate of drug-likeness (QED) is 0.413. The second-order valence-electron chi connectivity index (χ2n) is 6.86. The van der Waals surface area contributed by atoms with E-state index in [9.17, 15) is 14.2 Å². The van der Waals surface area contributed by atoms with Gasteiger partial charge in [0.2, 0.25) is 0 Å². The summed E-state index contributed by atoms with van der Waals surface area (Å²) in [6.45, 7) is 10.8. The van der Waals surface area contributed by atoms with Crippen LogP contribution in [0.3, 0.4) is 0 Å². The molecule has 1 atom stereocenters. The summed E-state index contributed by atoms with van der Waals surface area (Å²) < 4.78 is 12.0. The van der Waals surface area contributed by atoms with E-state index in [4.69, 9.17) is 0 Å². The third-order valence-corrected chi connectivity index (χ3v) is 5.45. The summed E-state index contributed by atoms with van der Waals surface area (Å²) in [5, 5.41) is -1.64. The van der Waals surface area contributed by atoms with E-state index in [2.05, 4.69) is 0 Å². The van der Waals surface area contributed by atoms with Gasteiger partial charge in [-0.1, -0.05) is 35.9 Å². The Hall–Kier alpha value is -2.12. The third-order valence-electron chi connectivity index (χ3n) is 4.68. The molecule has 0 aliphatic heterocycles. The number of ketones is 2. The zero-order chi connectivity index (χ0) is 18.9. The maximum atomic E-state index is 13.3. The van der Waals surface area contributed by atoms with Crippen LogP contribution in [0.2, 0.25) is 0 Å². The maximum Gasteiger partial charge on any atom is 0.188 e. The van der Waals surface area contributed by atoms with Crippen molar-refractivity contribution in [1.82, 2.24) is 0 Å². The SMILES string of the molecule is Cc1cc(C)c(C(=O)C(C)(P=O)C(=O)c2c(C)cccc2C)c(C)c1. The van der Waals surface area contributed by atoms with Gasteiger partial charge in [-0.25, -0.2) is 0 Å². The first-order chi connectivity index (χ1) is 11.6. The molecular weight excluding hydrogens is 331 g/mol. The minimum atomic E-state index is -1.64. The molecule has 0 saturated heterocycles. The molecule has 0 bridgehead atoms. The Bertz CT molecular complexity index is 839. The summed E-state index contributed by atoms with van der Waals surface area (Å²) >= 11 is 0. The Morgan fingerprint density at radius 3 is 1.60 bits per heavy atom. The zero-order valence-corrected chi connectivity index (χ0v) is 16.5. The van der Waals surface area contributed by atoms with Crippen molar-refractivity contribution in [1.29, 1.82) is 0 Å². The number of carbonyl (C=O) groups excluding carboxylic acids is 2. The van der Waals surface area contributed by atoms with Crippen LogP contribution in [-0.4, -0.2) is 16.7 Å². The fourth-order valence-electron chi connectivity index (χ4n) is 3.38. The van der Waals surface area contributed by atoms with Crippen LogP contribution in [-0.2, 0) is 4.57 Å². The normalized spacial score (nSPS) is 13.5. The van der Waals surface area contributed by atoms with E-state index in [-0.39, 0.29) is 0 Å². The summed E-state index contributed by atoms with van der Waals surface area (Å²) in [7, 11) is -0.492. The average molecular weight is 354 g/mol. The molecule has 0 aliphatic rings. The number of hydrogen-bond acceptors (Lipinski definition) is 3. The second kappa shape index (κ2) is 7.01. The van der Waals surface area contributed by atoms with Gasteiger partial charge in [0.1, 0.15) is 0 Å². The molecule has 0 saturated carbocycles. The molecular formula is C21H23O3P. The first kappa shape index (κ1) is 19.2. The lowest BCUT2D eigenvalue weighted by Crippen LogP contribution is -2.40. The first-order valence-electron chi connectivity index (χ1n) is 8.21. The van der Waals surface area contributed by atoms with Gasteiger partial charge in [0.15, 0.2) is 25.2 Å². The van der Waals surface area contributed by atoms with Gasteiger partial charge >= 0.3 is 0 Å². The molecule has 0 spiro atoms. The summed E-state index contributed by atoms with van der Waals surface area (Å²) in [6.07, 6.45) is 0. The van der Waals surface area contributed by atoms with Crippen LogP contribution in [0.5, 0.6) is 0 Å². The van der Waals surface area contributed by atoms with Crippen molar-refractivity contribution >= 4 is 20.0 Å². The fraction of sp³-hybridized carbons (Fsp3) is 0.333. The van der Waals surface area contributed by atoms with Crippen LogP contribution in [0.25, 0.3) is 0 Å². The Labute approximate surface area is 150 Å². The van der Waals surface area contributed by atoms with Gasteiger partial charge in [-0.05, 0) is 63.8 Å². The first-order valence-corrected chi connectivity index (χ1v) is 9.03. The third kappa shape index (κ3) is 3.34. The van der Waals surface area contributed by atoms with Gasteiger partial charge in [-0.3, -0.25) is 14.2 Å². The lowest BCUT2D eigenvalue weighted by atomic mass is 9.84. The van der Waals surface area contributed by atoms with E-state index >= 15 is 0 Å². The minimum Gasteiger partial charge on any atom is -0.292 e. The van der Waals surface area contributed by atoms with Crippen molar-refractivity contribution in [3.05, 3.63) is 69.3 Å². The van der Waals surface area contributed by atoms with Crippen LogP contribution < -0.4 is 0 Å². The van der Waals surface area contributed by atoms with Gasteiger partial charge in [0.05, 0.1) is 0 Å². The molecule has 130 valence electrons. The molecule has 0 radical (unpaired) electrons. The summed E-state index contributed by atoms with van der Waals surface area (Å²) in [4.78, 5) is 26.5. The highest BCUT2D eigenvalue weighted by atomic mass is 31.1. The molecule has 0 aliphatic carbocycles. The Balaban J connectivity index is 2.63. The molecule has 0 amide bonds. The van der Waals surface area contributed by atoms with E-state index in [1.165, 1.54) is 6.92 Å². The highest BCUT2D eigenvalue weighted by Gasteiger charge is 2.45. The monoisotopic (exact) mass is 354 g/mol. The van der Waals surface area contributed by atoms with Crippen LogP contribution in [0.1, 0.15) is 55.5 Å². The second-order valence-corrected chi connectivity index (χ2v) is 7.94. The maximum absolute atomic E-state index is 13.3.